The van der Waals surface area contributed by atoms with Gasteiger partial charge in [0.05, 0.1) is 0 Å². The molecular weight excluding hydrogens is 427 g/mol. The second kappa shape index (κ2) is 13.9. The molecule has 0 aliphatic heterocycles. The highest BCUT2D eigenvalue weighted by atomic mass is 127. The first-order valence-corrected chi connectivity index (χ1v) is 8.75. The van der Waals surface area contributed by atoms with Crippen molar-refractivity contribution in [3.8, 4) is 0 Å². The Balaban J connectivity index is 0.00000576. The van der Waals surface area contributed by atoms with Gasteiger partial charge >= 0.3 is 0 Å². The first-order valence-electron chi connectivity index (χ1n) is 8.75. The van der Waals surface area contributed by atoms with Gasteiger partial charge in [0, 0.05) is 27.2 Å². The minimum atomic E-state index is 0. The number of nitrogens with one attached hydrogen (secondary N) is 2. The smallest absolute Gasteiger partial charge is 0.243 e. The Labute approximate surface area is 169 Å². The van der Waals surface area contributed by atoms with Gasteiger partial charge in [-0.1, -0.05) is 44.2 Å². The molecule has 0 fully saturated rings. The summed E-state index contributed by atoms with van der Waals surface area (Å²) in [5.41, 5.74) is 1.29. The molecule has 25 heavy (non-hydrogen) atoms. The SMILES string of the molecule is CC(C)CCCNC(=NCC(=O)N(C)C)NCCc1ccccc1.I. The van der Waals surface area contributed by atoms with Crippen LogP contribution in [0.15, 0.2) is 35.3 Å². The summed E-state index contributed by atoms with van der Waals surface area (Å²) in [5, 5.41) is 6.64. The van der Waals surface area contributed by atoms with Crippen LogP contribution in [-0.4, -0.2) is 50.5 Å². The third kappa shape index (κ3) is 11.8. The Kier molecular flexibility index (Phi) is 13.2. The predicted molar refractivity (Wildman–Crippen MR) is 117 cm³/mol. The molecule has 0 spiro atoms. The fraction of sp³-hybridized carbons (Fsp3) is 0.579. The van der Waals surface area contributed by atoms with E-state index in [0.29, 0.717) is 11.9 Å². The summed E-state index contributed by atoms with van der Waals surface area (Å²) in [6.07, 6.45) is 3.20. The molecule has 0 saturated carbocycles. The highest BCUT2D eigenvalue weighted by Crippen LogP contribution is 2.01. The summed E-state index contributed by atoms with van der Waals surface area (Å²) < 4.78 is 0. The number of likely N-dealkylation sites (N-methyl/N-ethyl adjacent to an activating group) is 1. The van der Waals surface area contributed by atoms with Gasteiger partial charge < -0.3 is 15.5 Å². The van der Waals surface area contributed by atoms with Crippen LogP contribution in [0.1, 0.15) is 32.3 Å². The van der Waals surface area contributed by atoms with Crippen LogP contribution in [0.25, 0.3) is 0 Å². The molecule has 2 N–H and O–H groups in total. The van der Waals surface area contributed by atoms with Crippen LogP contribution in [0, 0.1) is 5.92 Å². The Morgan fingerprint density at radius 3 is 2.36 bits per heavy atom. The van der Waals surface area contributed by atoms with E-state index in [1.807, 2.05) is 18.2 Å². The van der Waals surface area contributed by atoms with E-state index in [0.717, 1.165) is 25.9 Å². The fourth-order valence-electron chi connectivity index (χ4n) is 2.15. The molecule has 0 aromatic heterocycles. The van der Waals surface area contributed by atoms with Gasteiger partial charge in [0.2, 0.25) is 5.91 Å². The third-order valence-corrected chi connectivity index (χ3v) is 3.67. The van der Waals surface area contributed by atoms with E-state index in [1.54, 1.807) is 19.0 Å². The Hall–Kier alpha value is -1.31. The summed E-state index contributed by atoms with van der Waals surface area (Å²) in [6, 6.07) is 10.3. The normalized spacial score (nSPS) is 11.0. The molecule has 1 rings (SSSR count). The van der Waals surface area contributed by atoms with Crippen molar-refractivity contribution in [1.82, 2.24) is 15.5 Å². The van der Waals surface area contributed by atoms with Crippen LogP contribution in [0.3, 0.4) is 0 Å². The van der Waals surface area contributed by atoms with Gasteiger partial charge in [-0.15, -0.1) is 24.0 Å². The maximum absolute atomic E-state index is 11.7. The molecule has 0 aliphatic carbocycles. The molecular formula is C19H33IN4O. The molecule has 6 heteroatoms. The van der Waals surface area contributed by atoms with Crippen molar-refractivity contribution in [2.45, 2.75) is 33.1 Å². The Morgan fingerprint density at radius 2 is 1.76 bits per heavy atom. The lowest BCUT2D eigenvalue weighted by Crippen LogP contribution is -2.40. The van der Waals surface area contributed by atoms with Gasteiger partial charge in [-0.2, -0.15) is 0 Å². The molecule has 0 bridgehead atoms. The highest BCUT2D eigenvalue weighted by Gasteiger charge is 2.04. The molecule has 1 aromatic rings. The lowest BCUT2D eigenvalue weighted by molar-refractivity contribution is -0.127. The quantitative estimate of drug-likeness (QED) is 0.258. The van der Waals surface area contributed by atoms with E-state index in [1.165, 1.54) is 12.0 Å². The number of rotatable bonds is 9. The van der Waals surface area contributed by atoms with Gasteiger partial charge in [0.25, 0.3) is 0 Å². The van der Waals surface area contributed by atoms with E-state index in [-0.39, 0.29) is 36.4 Å². The summed E-state index contributed by atoms with van der Waals surface area (Å²) in [7, 11) is 3.49. The summed E-state index contributed by atoms with van der Waals surface area (Å²) in [5.74, 6) is 1.42. The lowest BCUT2D eigenvalue weighted by Gasteiger charge is -2.14. The maximum atomic E-state index is 11.7. The van der Waals surface area contributed by atoms with Gasteiger partial charge in [-0.3, -0.25) is 4.79 Å². The lowest BCUT2D eigenvalue weighted by atomic mass is 10.1. The number of hydrogen-bond acceptors (Lipinski definition) is 2. The van der Waals surface area contributed by atoms with Gasteiger partial charge in [-0.05, 0) is 30.7 Å². The van der Waals surface area contributed by atoms with E-state index < -0.39 is 0 Å². The molecule has 5 nitrogen and oxygen atoms in total. The van der Waals surface area contributed by atoms with Crippen molar-refractivity contribution in [3.63, 3.8) is 0 Å². The fourth-order valence-corrected chi connectivity index (χ4v) is 2.15. The van der Waals surface area contributed by atoms with Crippen LogP contribution in [-0.2, 0) is 11.2 Å². The van der Waals surface area contributed by atoms with Gasteiger partial charge in [-0.25, -0.2) is 4.99 Å². The number of hydrogen-bond donors (Lipinski definition) is 2. The number of carbonyl (C=O) groups is 1. The van der Waals surface area contributed by atoms with E-state index in [4.69, 9.17) is 0 Å². The molecule has 1 aromatic carbocycles. The molecule has 0 unspecified atom stereocenters. The largest absolute Gasteiger partial charge is 0.356 e. The topological polar surface area (TPSA) is 56.7 Å². The van der Waals surface area contributed by atoms with Crippen molar-refractivity contribution in [2.75, 3.05) is 33.7 Å². The van der Waals surface area contributed by atoms with E-state index in [9.17, 15) is 4.79 Å². The third-order valence-electron chi connectivity index (χ3n) is 3.67. The van der Waals surface area contributed by atoms with Crippen molar-refractivity contribution < 1.29 is 4.79 Å². The molecule has 0 heterocycles. The Bertz CT molecular complexity index is 503. The highest BCUT2D eigenvalue weighted by molar-refractivity contribution is 14.0. The second-order valence-corrected chi connectivity index (χ2v) is 6.58. The molecule has 0 atom stereocenters. The zero-order valence-electron chi connectivity index (χ0n) is 15.9. The van der Waals surface area contributed by atoms with Gasteiger partial charge in [0.1, 0.15) is 6.54 Å². The van der Waals surface area contributed by atoms with Crippen molar-refractivity contribution in [2.24, 2.45) is 10.9 Å². The second-order valence-electron chi connectivity index (χ2n) is 6.58. The molecule has 1 amide bonds. The summed E-state index contributed by atoms with van der Waals surface area (Å²) >= 11 is 0. The van der Waals surface area contributed by atoms with Crippen LogP contribution < -0.4 is 10.6 Å². The maximum Gasteiger partial charge on any atom is 0.243 e. The number of amides is 1. The predicted octanol–water partition coefficient (Wildman–Crippen LogP) is 2.91. The average molecular weight is 460 g/mol. The van der Waals surface area contributed by atoms with Crippen LogP contribution >= 0.6 is 24.0 Å². The van der Waals surface area contributed by atoms with E-state index >= 15 is 0 Å². The summed E-state index contributed by atoms with van der Waals surface area (Å²) in [4.78, 5) is 17.7. The average Bonchev–Trinajstić information content (AvgIpc) is 2.56. The van der Waals surface area contributed by atoms with Crippen LogP contribution in [0.5, 0.6) is 0 Å². The van der Waals surface area contributed by atoms with Crippen molar-refractivity contribution >= 4 is 35.8 Å². The van der Waals surface area contributed by atoms with Gasteiger partial charge in [0.15, 0.2) is 5.96 Å². The summed E-state index contributed by atoms with van der Waals surface area (Å²) in [6.45, 7) is 6.27. The number of aliphatic imine (C=N–C) groups is 1. The zero-order valence-corrected chi connectivity index (χ0v) is 18.2. The first kappa shape index (κ1) is 23.7. The first-order chi connectivity index (χ1) is 11.5. The number of benzene rings is 1. The number of halogens is 1. The van der Waals surface area contributed by atoms with E-state index in [2.05, 4.69) is 41.6 Å². The minimum absolute atomic E-state index is 0. The molecule has 0 aliphatic rings. The van der Waals surface area contributed by atoms with Crippen LogP contribution in [0.2, 0.25) is 0 Å². The number of nitrogens with zero attached hydrogens (tertiary/aromatic N) is 2. The molecule has 0 saturated heterocycles. The van der Waals surface area contributed by atoms with Crippen LogP contribution in [0.4, 0.5) is 0 Å². The van der Waals surface area contributed by atoms with Crippen molar-refractivity contribution in [1.29, 1.82) is 0 Å². The number of carbonyl (C=O) groups excluding carboxylic acids is 1. The Morgan fingerprint density at radius 1 is 1.12 bits per heavy atom. The molecule has 0 radical (unpaired) electrons. The standard InChI is InChI=1S/C19H32N4O.HI/c1-16(2)9-8-13-20-19(22-15-18(24)23(3)4)21-14-12-17-10-6-5-7-11-17;/h5-7,10-11,16H,8-9,12-15H2,1-4H3,(H2,20,21,22);1H. The minimum Gasteiger partial charge on any atom is -0.356 e. The van der Waals surface area contributed by atoms with Crippen molar-refractivity contribution in [3.05, 3.63) is 35.9 Å². The number of guanidine groups is 1. The zero-order chi connectivity index (χ0) is 17.8. The monoisotopic (exact) mass is 460 g/mol. The molecule has 142 valence electrons.